The highest BCUT2D eigenvalue weighted by Crippen LogP contribution is 2.23. The number of benzene rings is 1. The first kappa shape index (κ1) is 14.8. The van der Waals surface area contributed by atoms with Crippen molar-refractivity contribution in [2.45, 2.75) is 19.9 Å². The smallest absolute Gasteiger partial charge is 0.149 e. The van der Waals surface area contributed by atoms with E-state index < -0.39 is 9.84 Å². The summed E-state index contributed by atoms with van der Waals surface area (Å²) < 4.78 is 22.4. The number of nitrogens with one attached hydrogen (secondary N) is 1. The third-order valence-corrected chi connectivity index (χ3v) is 3.76. The summed E-state index contributed by atoms with van der Waals surface area (Å²) in [6, 6.07) is 5.94. The zero-order valence-corrected chi connectivity index (χ0v) is 12.5. The highest BCUT2D eigenvalue weighted by molar-refractivity contribution is 7.90. The lowest BCUT2D eigenvalue weighted by Crippen LogP contribution is -2.25. The number of hydrogen-bond acceptors (Lipinski definition) is 4. The topological polar surface area (TPSA) is 49.4 Å². The molecule has 102 valence electrons. The summed E-state index contributed by atoms with van der Waals surface area (Å²) in [5.41, 5.74) is 3.27. The highest BCUT2D eigenvalue weighted by Gasteiger charge is 2.11. The van der Waals surface area contributed by atoms with Gasteiger partial charge in [0.1, 0.15) is 9.84 Å². The van der Waals surface area contributed by atoms with Gasteiger partial charge in [-0.05, 0) is 31.5 Å². The number of anilines is 2. The molecule has 1 N–H and O–H groups in total. The van der Waals surface area contributed by atoms with Gasteiger partial charge in [0.2, 0.25) is 0 Å². The molecule has 18 heavy (non-hydrogen) atoms. The maximum atomic E-state index is 11.2. The molecule has 0 aliphatic carbocycles. The molecule has 1 atom stereocenters. The fraction of sp³-hybridized carbons (Fsp3) is 0.538. The van der Waals surface area contributed by atoms with Gasteiger partial charge in [0.15, 0.2) is 0 Å². The van der Waals surface area contributed by atoms with Crippen LogP contribution in [-0.4, -0.2) is 40.6 Å². The van der Waals surface area contributed by atoms with Gasteiger partial charge in [-0.15, -0.1) is 0 Å². The Labute approximate surface area is 110 Å². The Hall–Kier alpha value is -1.23. The molecule has 5 heteroatoms. The summed E-state index contributed by atoms with van der Waals surface area (Å²) in [6.07, 6.45) is 1.26. The van der Waals surface area contributed by atoms with E-state index in [4.69, 9.17) is 0 Å². The largest absolute Gasteiger partial charge is 0.382 e. The SMILES string of the molecule is Cc1ccc(NC(C)CS(C)(=O)=O)cc1N(C)C. The first-order chi connectivity index (χ1) is 8.19. The Balaban J connectivity index is 2.83. The van der Waals surface area contributed by atoms with Gasteiger partial charge in [0, 0.05) is 37.8 Å². The van der Waals surface area contributed by atoms with Crippen molar-refractivity contribution >= 4 is 21.2 Å². The first-order valence-electron chi connectivity index (χ1n) is 5.91. The van der Waals surface area contributed by atoms with Gasteiger partial charge in [-0.2, -0.15) is 0 Å². The maximum Gasteiger partial charge on any atom is 0.149 e. The van der Waals surface area contributed by atoms with Gasteiger partial charge in [-0.25, -0.2) is 8.42 Å². The molecule has 0 amide bonds. The van der Waals surface area contributed by atoms with Crippen LogP contribution in [0.1, 0.15) is 12.5 Å². The minimum absolute atomic E-state index is 0.0993. The Morgan fingerprint density at radius 2 is 1.94 bits per heavy atom. The van der Waals surface area contributed by atoms with Crippen molar-refractivity contribution in [2.75, 3.05) is 36.3 Å². The molecule has 0 saturated heterocycles. The molecule has 0 radical (unpaired) electrons. The van der Waals surface area contributed by atoms with Crippen LogP contribution in [0.5, 0.6) is 0 Å². The lowest BCUT2D eigenvalue weighted by molar-refractivity contribution is 0.598. The highest BCUT2D eigenvalue weighted by atomic mass is 32.2. The van der Waals surface area contributed by atoms with Gasteiger partial charge in [0.25, 0.3) is 0 Å². The molecular weight excluding hydrogens is 248 g/mol. The number of nitrogens with zero attached hydrogens (tertiary/aromatic N) is 1. The Kier molecular flexibility index (Phi) is 4.62. The summed E-state index contributed by atoms with van der Waals surface area (Å²) in [6.45, 7) is 3.93. The fourth-order valence-electron chi connectivity index (χ4n) is 1.96. The van der Waals surface area contributed by atoms with Gasteiger partial charge in [-0.3, -0.25) is 0 Å². The van der Waals surface area contributed by atoms with Crippen molar-refractivity contribution in [1.82, 2.24) is 0 Å². The van der Waals surface area contributed by atoms with Crippen molar-refractivity contribution in [3.63, 3.8) is 0 Å². The van der Waals surface area contributed by atoms with E-state index >= 15 is 0 Å². The predicted molar refractivity (Wildman–Crippen MR) is 78.3 cm³/mol. The molecule has 0 bridgehead atoms. The second kappa shape index (κ2) is 5.61. The van der Waals surface area contributed by atoms with E-state index in [1.54, 1.807) is 0 Å². The van der Waals surface area contributed by atoms with E-state index in [-0.39, 0.29) is 11.8 Å². The molecule has 1 aromatic carbocycles. The third kappa shape index (κ3) is 4.56. The molecule has 1 rings (SSSR count). The summed E-state index contributed by atoms with van der Waals surface area (Å²) in [5.74, 6) is 0.137. The zero-order chi connectivity index (χ0) is 13.9. The first-order valence-corrected chi connectivity index (χ1v) is 7.97. The van der Waals surface area contributed by atoms with E-state index in [0.29, 0.717) is 0 Å². The Morgan fingerprint density at radius 3 is 2.44 bits per heavy atom. The van der Waals surface area contributed by atoms with Crippen molar-refractivity contribution in [3.8, 4) is 0 Å². The Bertz CT molecular complexity index is 510. The van der Waals surface area contributed by atoms with Crippen LogP contribution in [0.2, 0.25) is 0 Å². The standard InChI is InChI=1S/C13H22N2O2S/c1-10-6-7-12(8-13(10)15(3)4)14-11(2)9-18(5,16)17/h6-8,11,14H,9H2,1-5H3. The van der Waals surface area contributed by atoms with Crippen LogP contribution < -0.4 is 10.2 Å². The quantitative estimate of drug-likeness (QED) is 0.888. The van der Waals surface area contributed by atoms with Crippen molar-refractivity contribution in [1.29, 1.82) is 0 Å². The minimum atomic E-state index is -2.95. The second-order valence-electron chi connectivity index (χ2n) is 5.03. The number of hydrogen-bond donors (Lipinski definition) is 1. The molecule has 1 unspecified atom stereocenters. The number of sulfone groups is 1. The molecule has 0 spiro atoms. The van der Waals surface area contributed by atoms with Crippen molar-refractivity contribution in [3.05, 3.63) is 23.8 Å². The van der Waals surface area contributed by atoms with Crippen LogP contribution in [0.15, 0.2) is 18.2 Å². The maximum absolute atomic E-state index is 11.2. The van der Waals surface area contributed by atoms with Gasteiger partial charge in [-0.1, -0.05) is 6.07 Å². The zero-order valence-electron chi connectivity index (χ0n) is 11.7. The fourth-order valence-corrected chi connectivity index (χ4v) is 2.95. The predicted octanol–water partition coefficient (Wildman–Crippen LogP) is 1.91. The normalized spacial score (nSPS) is 13.2. The van der Waals surface area contributed by atoms with E-state index in [1.807, 2.05) is 44.1 Å². The van der Waals surface area contributed by atoms with E-state index in [2.05, 4.69) is 12.2 Å². The summed E-state index contributed by atoms with van der Waals surface area (Å²) in [5, 5.41) is 3.22. The summed E-state index contributed by atoms with van der Waals surface area (Å²) in [4.78, 5) is 2.04. The minimum Gasteiger partial charge on any atom is -0.382 e. The molecule has 0 saturated carbocycles. The van der Waals surface area contributed by atoms with Crippen LogP contribution in [0.3, 0.4) is 0 Å². The van der Waals surface area contributed by atoms with Crippen LogP contribution in [0.25, 0.3) is 0 Å². The average Bonchev–Trinajstić information content (AvgIpc) is 2.17. The number of aryl methyl sites for hydroxylation is 1. The average molecular weight is 270 g/mol. The number of rotatable bonds is 5. The molecule has 4 nitrogen and oxygen atoms in total. The lowest BCUT2D eigenvalue weighted by Gasteiger charge is -2.19. The van der Waals surface area contributed by atoms with Gasteiger partial charge in [0.05, 0.1) is 5.75 Å². The lowest BCUT2D eigenvalue weighted by atomic mass is 10.1. The van der Waals surface area contributed by atoms with Gasteiger partial charge < -0.3 is 10.2 Å². The van der Waals surface area contributed by atoms with Gasteiger partial charge >= 0.3 is 0 Å². The molecule has 0 fully saturated rings. The molecule has 0 heterocycles. The molecule has 0 aromatic heterocycles. The summed E-state index contributed by atoms with van der Waals surface area (Å²) in [7, 11) is 1.03. The second-order valence-corrected chi connectivity index (χ2v) is 7.22. The van der Waals surface area contributed by atoms with Crippen LogP contribution in [0.4, 0.5) is 11.4 Å². The third-order valence-electron chi connectivity index (χ3n) is 2.66. The van der Waals surface area contributed by atoms with Crippen LogP contribution in [-0.2, 0) is 9.84 Å². The van der Waals surface area contributed by atoms with Crippen LogP contribution >= 0.6 is 0 Å². The molecular formula is C13H22N2O2S. The van der Waals surface area contributed by atoms with Crippen molar-refractivity contribution in [2.24, 2.45) is 0 Å². The monoisotopic (exact) mass is 270 g/mol. The molecule has 1 aromatic rings. The van der Waals surface area contributed by atoms with E-state index in [1.165, 1.54) is 11.8 Å². The Morgan fingerprint density at radius 1 is 1.33 bits per heavy atom. The molecule has 0 aliphatic heterocycles. The molecule has 0 aliphatic rings. The van der Waals surface area contributed by atoms with E-state index in [9.17, 15) is 8.42 Å². The summed E-state index contributed by atoms with van der Waals surface area (Å²) >= 11 is 0. The van der Waals surface area contributed by atoms with Crippen LogP contribution in [0, 0.1) is 6.92 Å². The van der Waals surface area contributed by atoms with Crippen molar-refractivity contribution < 1.29 is 8.42 Å². The van der Waals surface area contributed by atoms with E-state index in [0.717, 1.165) is 11.4 Å².